The van der Waals surface area contributed by atoms with Crippen LogP contribution in [-0.4, -0.2) is 37.5 Å². The van der Waals surface area contributed by atoms with Gasteiger partial charge in [-0.2, -0.15) is 0 Å². The summed E-state index contributed by atoms with van der Waals surface area (Å²) in [6.45, 7) is 2.89. The molecule has 0 aliphatic carbocycles. The van der Waals surface area contributed by atoms with Gasteiger partial charge in [-0.3, -0.25) is 15.0 Å². The van der Waals surface area contributed by atoms with Crippen LogP contribution in [0, 0.1) is 6.92 Å². The third kappa shape index (κ3) is 4.55. The number of benzene rings is 1. The third-order valence-electron chi connectivity index (χ3n) is 2.60. The topological polar surface area (TPSA) is 61.4 Å². The standard InChI is InChI=1S/C13H19N3O2/c1-10-6-4-5-7-11(10)8-16(3)9-12(17)15-13(18)14-2/h4-7H,8-9H2,1-3H3,(H2,14,15,17,18). The van der Waals surface area contributed by atoms with Crippen molar-refractivity contribution in [2.75, 3.05) is 20.6 Å². The van der Waals surface area contributed by atoms with Gasteiger partial charge in [0.1, 0.15) is 0 Å². The maximum atomic E-state index is 11.5. The molecule has 0 aromatic heterocycles. The van der Waals surface area contributed by atoms with Gasteiger partial charge in [0.15, 0.2) is 0 Å². The van der Waals surface area contributed by atoms with Gasteiger partial charge in [-0.25, -0.2) is 4.79 Å². The normalized spacial score (nSPS) is 10.2. The number of carbonyl (C=O) groups excluding carboxylic acids is 2. The molecule has 5 heteroatoms. The van der Waals surface area contributed by atoms with E-state index in [1.807, 2.05) is 43.1 Å². The summed E-state index contributed by atoms with van der Waals surface area (Å²) in [7, 11) is 3.32. The van der Waals surface area contributed by atoms with Gasteiger partial charge in [-0.1, -0.05) is 24.3 Å². The summed E-state index contributed by atoms with van der Waals surface area (Å²) < 4.78 is 0. The van der Waals surface area contributed by atoms with E-state index in [0.29, 0.717) is 6.54 Å². The number of likely N-dealkylation sites (N-methyl/N-ethyl adjacent to an activating group) is 1. The van der Waals surface area contributed by atoms with Crippen LogP contribution in [0.25, 0.3) is 0 Å². The molecule has 0 unspecified atom stereocenters. The monoisotopic (exact) mass is 249 g/mol. The quantitative estimate of drug-likeness (QED) is 0.833. The number of rotatable bonds is 4. The van der Waals surface area contributed by atoms with Crippen molar-refractivity contribution in [1.29, 1.82) is 0 Å². The summed E-state index contributed by atoms with van der Waals surface area (Å²) in [6, 6.07) is 7.54. The molecule has 1 rings (SSSR count). The van der Waals surface area contributed by atoms with Crippen molar-refractivity contribution in [3.05, 3.63) is 35.4 Å². The molecule has 0 bridgehead atoms. The lowest BCUT2D eigenvalue weighted by atomic mass is 10.1. The number of nitrogens with zero attached hydrogens (tertiary/aromatic N) is 1. The van der Waals surface area contributed by atoms with Crippen molar-refractivity contribution in [3.8, 4) is 0 Å². The number of hydrogen-bond acceptors (Lipinski definition) is 3. The molecule has 1 aromatic rings. The minimum absolute atomic E-state index is 0.182. The lowest BCUT2D eigenvalue weighted by Gasteiger charge is -2.17. The van der Waals surface area contributed by atoms with Crippen molar-refractivity contribution in [2.45, 2.75) is 13.5 Å². The Morgan fingerprint density at radius 3 is 2.56 bits per heavy atom. The maximum Gasteiger partial charge on any atom is 0.321 e. The molecule has 0 fully saturated rings. The summed E-state index contributed by atoms with van der Waals surface area (Å²) in [5.41, 5.74) is 2.36. The number of urea groups is 1. The van der Waals surface area contributed by atoms with Crippen molar-refractivity contribution >= 4 is 11.9 Å². The second-order valence-electron chi connectivity index (χ2n) is 4.23. The van der Waals surface area contributed by atoms with Crippen LogP contribution in [0.2, 0.25) is 0 Å². The Balaban J connectivity index is 2.47. The van der Waals surface area contributed by atoms with E-state index in [0.717, 1.165) is 0 Å². The van der Waals surface area contributed by atoms with Crippen LogP contribution >= 0.6 is 0 Å². The average Bonchev–Trinajstić information content (AvgIpc) is 2.31. The lowest BCUT2D eigenvalue weighted by Crippen LogP contribution is -2.42. The number of nitrogens with one attached hydrogen (secondary N) is 2. The fraction of sp³-hybridized carbons (Fsp3) is 0.385. The SMILES string of the molecule is CNC(=O)NC(=O)CN(C)Cc1ccccc1C. The van der Waals surface area contributed by atoms with Crippen LogP contribution in [0.1, 0.15) is 11.1 Å². The zero-order valence-corrected chi connectivity index (χ0v) is 11.0. The molecule has 0 heterocycles. The predicted molar refractivity (Wildman–Crippen MR) is 70.1 cm³/mol. The summed E-state index contributed by atoms with van der Waals surface area (Å²) in [6.07, 6.45) is 0. The van der Waals surface area contributed by atoms with Crippen LogP contribution in [0.5, 0.6) is 0 Å². The van der Waals surface area contributed by atoms with Gasteiger partial charge >= 0.3 is 6.03 Å². The smallest absolute Gasteiger partial charge is 0.321 e. The first-order valence-electron chi connectivity index (χ1n) is 5.77. The van der Waals surface area contributed by atoms with Crippen LogP contribution in [0.15, 0.2) is 24.3 Å². The molecule has 2 N–H and O–H groups in total. The Morgan fingerprint density at radius 2 is 1.94 bits per heavy atom. The van der Waals surface area contributed by atoms with Crippen LogP contribution in [0.4, 0.5) is 4.79 Å². The predicted octanol–water partition coefficient (Wildman–Crippen LogP) is 0.882. The lowest BCUT2D eigenvalue weighted by molar-refractivity contribution is -0.120. The number of amides is 3. The molecule has 0 saturated carbocycles. The van der Waals surface area contributed by atoms with Crippen molar-refractivity contribution in [2.24, 2.45) is 0 Å². The molecule has 1 aromatic carbocycles. The highest BCUT2D eigenvalue weighted by molar-refractivity contribution is 5.95. The van der Waals surface area contributed by atoms with Crippen molar-refractivity contribution in [1.82, 2.24) is 15.5 Å². The van der Waals surface area contributed by atoms with Gasteiger partial charge in [0.05, 0.1) is 6.54 Å². The van der Waals surface area contributed by atoms with Gasteiger partial charge in [0, 0.05) is 13.6 Å². The van der Waals surface area contributed by atoms with Crippen molar-refractivity contribution in [3.63, 3.8) is 0 Å². The molecule has 98 valence electrons. The summed E-state index contributed by atoms with van der Waals surface area (Å²) in [5, 5.41) is 4.57. The third-order valence-corrected chi connectivity index (χ3v) is 2.60. The van der Waals surface area contributed by atoms with Crippen molar-refractivity contribution < 1.29 is 9.59 Å². The zero-order valence-electron chi connectivity index (χ0n) is 11.0. The molecule has 0 spiro atoms. The molecule has 3 amide bonds. The molecule has 0 saturated heterocycles. The fourth-order valence-corrected chi connectivity index (χ4v) is 1.61. The minimum Gasteiger partial charge on any atom is -0.341 e. The first-order chi connectivity index (χ1) is 8.52. The Hall–Kier alpha value is -1.88. The summed E-state index contributed by atoms with van der Waals surface area (Å²) in [5.74, 6) is -0.314. The fourth-order valence-electron chi connectivity index (χ4n) is 1.61. The molecule has 5 nitrogen and oxygen atoms in total. The second kappa shape index (κ2) is 6.76. The van der Waals surface area contributed by atoms with Gasteiger partial charge in [0.2, 0.25) is 5.91 Å². The molecular formula is C13H19N3O2. The first-order valence-corrected chi connectivity index (χ1v) is 5.77. The largest absolute Gasteiger partial charge is 0.341 e. The van der Waals surface area contributed by atoms with Gasteiger partial charge in [-0.15, -0.1) is 0 Å². The van der Waals surface area contributed by atoms with E-state index in [-0.39, 0.29) is 12.5 Å². The average molecular weight is 249 g/mol. The van der Waals surface area contributed by atoms with Crippen LogP contribution < -0.4 is 10.6 Å². The van der Waals surface area contributed by atoms with Gasteiger partial charge in [-0.05, 0) is 25.1 Å². The molecule has 0 atom stereocenters. The van der Waals surface area contributed by atoms with E-state index in [9.17, 15) is 9.59 Å². The number of aryl methyl sites for hydroxylation is 1. The molecular weight excluding hydrogens is 230 g/mol. The Bertz CT molecular complexity index is 432. The van der Waals surface area contributed by atoms with E-state index in [2.05, 4.69) is 10.6 Å². The van der Waals surface area contributed by atoms with E-state index >= 15 is 0 Å². The highest BCUT2D eigenvalue weighted by Crippen LogP contribution is 2.08. The summed E-state index contributed by atoms with van der Waals surface area (Å²) in [4.78, 5) is 24.3. The highest BCUT2D eigenvalue weighted by Gasteiger charge is 2.10. The molecule has 18 heavy (non-hydrogen) atoms. The number of carbonyl (C=O) groups is 2. The number of imide groups is 1. The Labute approximate surface area is 107 Å². The molecule has 0 radical (unpaired) electrons. The Kier molecular flexibility index (Phi) is 5.32. The zero-order chi connectivity index (χ0) is 13.5. The minimum atomic E-state index is -0.482. The summed E-state index contributed by atoms with van der Waals surface area (Å²) >= 11 is 0. The van der Waals surface area contributed by atoms with E-state index in [4.69, 9.17) is 0 Å². The molecule has 0 aliphatic rings. The number of hydrogen-bond donors (Lipinski definition) is 2. The Morgan fingerprint density at radius 1 is 1.28 bits per heavy atom. The van der Waals surface area contributed by atoms with Crippen LogP contribution in [-0.2, 0) is 11.3 Å². The first kappa shape index (κ1) is 14.2. The van der Waals surface area contributed by atoms with Gasteiger partial charge < -0.3 is 5.32 Å². The highest BCUT2D eigenvalue weighted by atomic mass is 16.2. The van der Waals surface area contributed by atoms with Gasteiger partial charge in [0.25, 0.3) is 0 Å². The van der Waals surface area contributed by atoms with E-state index in [1.54, 1.807) is 0 Å². The van der Waals surface area contributed by atoms with Crippen LogP contribution in [0.3, 0.4) is 0 Å². The van der Waals surface area contributed by atoms with E-state index < -0.39 is 6.03 Å². The molecule has 0 aliphatic heterocycles. The second-order valence-corrected chi connectivity index (χ2v) is 4.23. The maximum absolute atomic E-state index is 11.5. The van der Waals surface area contributed by atoms with E-state index in [1.165, 1.54) is 18.2 Å².